The lowest BCUT2D eigenvalue weighted by Crippen LogP contribution is -2.32. The van der Waals surface area contributed by atoms with E-state index in [1.165, 1.54) is 22.3 Å². The van der Waals surface area contributed by atoms with Gasteiger partial charge in [-0.1, -0.05) is 12.1 Å². The van der Waals surface area contributed by atoms with Gasteiger partial charge >= 0.3 is 0 Å². The molecule has 1 heterocycles. The van der Waals surface area contributed by atoms with Crippen molar-refractivity contribution in [2.45, 2.75) is 6.42 Å². The molecule has 7 heteroatoms. The largest absolute Gasteiger partial charge is 0.489 e. The summed E-state index contributed by atoms with van der Waals surface area (Å²) >= 11 is 1.30. The Hall–Kier alpha value is -2.15. The van der Waals surface area contributed by atoms with Gasteiger partial charge in [0, 0.05) is 12.4 Å². The van der Waals surface area contributed by atoms with Gasteiger partial charge in [0.2, 0.25) is 5.91 Å². The number of nitrogens with two attached hydrogens (primary N) is 1. The summed E-state index contributed by atoms with van der Waals surface area (Å²) in [4.78, 5) is 17.5. The van der Waals surface area contributed by atoms with E-state index in [0.29, 0.717) is 17.4 Å². The second-order valence-electron chi connectivity index (χ2n) is 4.45. The van der Waals surface area contributed by atoms with Gasteiger partial charge in [0.05, 0.1) is 18.7 Å². The number of hydrogen-bond acceptors (Lipinski definition) is 5. The number of ether oxygens (including phenoxy) is 1. The highest BCUT2D eigenvalue weighted by Crippen LogP contribution is 2.15. The van der Waals surface area contributed by atoms with Crippen LogP contribution in [-0.2, 0) is 11.2 Å². The number of nitrogens with zero attached hydrogens (tertiary/aromatic N) is 2. The summed E-state index contributed by atoms with van der Waals surface area (Å²) in [5.74, 6) is -0.313. The minimum Gasteiger partial charge on any atom is -0.489 e. The van der Waals surface area contributed by atoms with E-state index in [2.05, 4.69) is 4.98 Å². The lowest BCUT2D eigenvalue weighted by atomic mass is 10.3. The molecule has 0 aliphatic heterocycles. The van der Waals surface area contributed by atoms with Crippen molar-refractivity contribution in [1.29, 1.82) is 0 Å². The van der Waals surface area contributed by atoms with Gasteiger partial charge in [-0.25, -0.2) is 9.37 Å². The minimum absolute atomic E-state index is 0.0857. The monoisotopic (exact) mass is 309 g/mol. The summed E-state index contributed by atoms with van der Waals surface area (Å²) in [5, 5.41) is 2.21. The second-order valence-corrected chi connectivity index (χ2v) is 5.34. The molecule has 0 radical (unpaired) electrons. The number of thiazole rings is 1. The van der Waals surface area contributed by atoms with E-state index in [4.69, 9.17) is 10.5 Å². The molecule has 0 saturated heterocycles. The normalized spacial score (nSPS) is 10.4. The van der Waals surface area contributed by atoms with Crippen LogP contribution in [0.1, 0.15) is 5.69 Å². The zero-order valence-electron chi connectivity index (χ0n) is 11.6. The third-order valence-corrected chi connectivity index (χ3v) is 3.57. The SMILES string of the molecule is CN(CCOc1ccccc1F)C(=O)Cc1csc(N)n1. The molecule has 112 valence electrons. The number of amides is 1. The van der Waals surface area contributed by atoms with Crippen LogP contribution >= 0.6 is 11.3 Å². The molecule has 1 aromatic carbocycles. The summed E-state index contributed by atoms with van der Waals surface area (Å²) in [6, 6.07) is 6.17. The average molecular weight is 309 g/mol. The number of halogens is 1. The van der Waals surface area contributed by atoms with Gasteiger partial charge in [0.25, 0.3) is 0 Å². The van der Waals surface area contributed by atoms with Gasteiger partial charge < -0.3 is 15.4 Å². The summed E-state index contributed by atoms with van der Waals surface area (Å²) in [6.07, 6.45) is 0.198. The number of anilines is 1. The van der Waals surface area contributed by atoms with Gasteiger partial charge in [-0.15, -0.1) is 11.3 Å². The molecular formula is C14H16FN3O2S. The topological polar surface area (TPSA) is 68.5 Å². The maximum atomic E-state index is 13.3. The standard InChI is InChI=1S/C14H16FN3O2S/c1-18(13(19)8-10-9-21-14(16)17-10)6-7-20-12-5-3-2-4-11(12)15/h2-5,9H,6-8H2,1H3,(H2,16,17). The summed E-state index contributed by atoms with van der Waals surface area (Å²) in [5.41, 5.74) is 6.17. The van der Waals surface area contributed by atoms with Gasteiger partial charge in [-0.2, -0.15) is 0 Å². The second kappa shape index (κ2) is 7.03. The van der Waals surface area contributed by atoms with Crippen LogP contribution < -0.4 is 10.5 Å². The van der Waals surface area contributed by atoms with Crippen molar-refractivity contribution in [2.24, 2.45) is 0 Å². The Kier molecular flexibility index (Phi) is 5.10. The molecule has 0 unspecified atom stereocenters. The molecule has 2 rings (SSSR count). The molecule has 1 aromatic heterocycles. The molecule has 2 N–H and O–H groups in total. The lowest BCUT2D eigenvalue weighted by Gasteiger charge is -2.17. The third kappa shape index (κ3) is 4.42. The summed E-state index contributed by atoms with van der Waals surface area (Å²) < 4.78 is 18.6. The predicted molar refractivity (Wildman–Crippen MR) is 79.8 cm³/mol. The van der Waals surface area contributed by atoms with Crippen LogP contribution in [0.2, 0.25) is 0 Å². The van der Waals surface area contributed by atoms with E-state index >= 15 is 0 Å². The van der Waals surface area contributed by atoms with Crippen molar-refractivity contribution in [3.63, 3.8) is 0 Å². The fourth-order valence-corrected chi connectivity index (χ4v) is 2.24. The number of nitrogen functional groups attached to an aromatic ring is 1. The maximum absolute atomic E-state index is 13.3. The third-order valence-electron chi connectivity index (χ3n) is 2.85. The first-order chi connectivity index (χ1) is 10.1. The van der Waals surface area contributed by atoms with Crippen molar-refractivity contribution < 1.29 is 13.9 Å². The molecule has 1 amide bonds. The Balaban J connectivity index is 1.77. The van der Waals surface area contributed by atoms with Crippen molar-refractivity contribution in [1.82, 2.24) is 9.88 Å². The number of hydrogen-bond donors (Lipinski definition) is 1. The van der Waals surface area contributed by atoms with Crippen LogP contribution in [0, 0.1) is 5.82 Å². The first kappa shape index (κ1) is 15.2. The molecular weight excluding hydrogens is 293 g/mol. The highest BCUT2D eigenvalue weighted by molar-refractivity contribution is 7.13. The van der Waals surface area contributed by atoms with Crippen LogP contribution in [-0.4, -0.2) is 36.0 Å². The van der Waals surface area contributed by atoms with E-state index in [1.807, 2.05) is 0 Å². The zero-order chi connectivity index (χ0) is 15.2. The van der Waals surface area contributed by atoms with E-state index in [-0.39, 0.29) is 24.7 Å². The Morgan fingerprint density at radius 2 is 2.24 bits per heavy atom. The number of likely N-dealkylation sites (N-methyl/N-ethyl adjacent to an activating group) is 1. The Bertz CT molecular complexity index is 618. The fourth-order valence-electron chi connectivity index (χ4n) is 1.67. The van der Waals surface area contributed by atoms with E-state index < -0.39 is 5.82 Å². The van der Waals surface area contributed by atoms with Gasteiger partial charge in [-0.05, 0) is 12.1 Å². The molecule has 0 bridgehead atoms. The molecule has 0 fully saturated rings. The number of rotatable bonds is 6. The van der Waals surface area contributed by atoms with E-state index in [9.17, 15) is 9.18 Å². The van der Waals surface area contributed by atoms with Crippen molar-refractivity contribution in [2.75, 3.05) is 25.9 Å². The van der Waals surface area contributed by atoms with E-state index in [1.54, 1.807) is 30.6 Å². The first-order valence-corrected chi connectivity index (χ1v) is 7.25. The van der Waals surface area contributed by atoms with Crippen LogP contribution in [0.25, 0.3) is 0 Å². The van der Waals surface area contributed by atoms with Crippen molar-refractivity contribution in [3.8, 4) is 5.75 Å². The van der Waals surface area contributed by atoms with E-state index in [0.717, 1.165) is 0 Å². The number of carbonyl (C=O) groups is 1. The van der Waals surface area contributed by atoms with Gasteiger partial charge in [-0.3, -0.25) is 4.79 Å². The molecule has 0 saturated carbocycles. The number of para-hydroxylation sites is 1. The van der Waals surface area contributed by atoms with Crippen LogP contribution in [0.15, 0.2) is 29.6 Å². The Morgan fingerprint density at radius 1 is 1.48 bits per heavy atom. The minimum atomic E-state index is -0.413. The van der Waals surface area contributed by atoms with Crippen LogP contribution in [0.4, 0.5) is 9.52 Å². The Labute approximate surface area is 126 Å². The van der Waals surface area contributed by atoms with Crippen LogP contribution in [0.5, 0.6) is 5.75 Å². The molecule has 0 atom stereocenters. The number of aromatic nitrogens is 1. The van der Waals surface area contributed by atoms with Gasteiger partial charge in [0.1, 0.15) is 6.61 Å². The molecule has 0 aliphatic carbocycles. The molecule has 21 heavy (non-hydrogen) atoms. The highest BCUT2D eigenvalue weighted by atomic mass is 32.1. The zero-order valence-corrected chi connectivity index (χ0v) is 12.4. The highest BCUT2D eigenvalue weighted by Gasteiger charge is 2.12. The smallest absolute Gasteiger partial charge is 0.228 e. The molecule has 2 aromatic rings. The number of benzene rings is 1. The van der Waals surface area contributed by atoms with Crippen molar-refractivity contribution in [3.05, 3.63) is 41.2 Å². The Morgan fingerprint density at radius 3 is 2.90 bits per heavy atom. The lowest BCUT2D eigenvalue weighted by molar-refractivity contribution is -0.129. The van der Waals surface area contributed by atoms with Crippen LogP contribution in [0.3, 0.4) is 0 Å². The first-order valence-electron chi connectivity index (χ1n) is 6.37. The fraction of sp³-hybridized carbons (Fsp3) is 0.286. The molecule has 5 nitrogen and oxygen atoms in total. The van der Waals surface area contributed by atoms with Crippen molar-refractivity contribution >= 4 is 22.4 Å². The summed E-state index contributed by atoms with van der Waals surface area (Å²) in [6.45, 7) is 0.592. The molecule has 0 aliphatic rings. The van der Waals surface area contributed by atoms with Gasteiger partial charge in [0.15, 0.2) is 16.7 Å². The number of carbonyl (C=O) groups excluding carboxylic acids is 1. The maximum Gasteiger partial charge on any atom is 0.228 e. The average Bonchev–Trinajstić information content (AvgIpc) is 2.86. The summed E-state index contributed by atoms with van der Waals surface area (Å²) in [7, 11) is 1.67. The quantitative estimate of drug-likeness (QED) is 0.885. The predicted octanol–water partition coefficient (Wildman–Crippen LogP) is 1.94. The molecule has 0 spiro atoms.